The van der Waals surface area contributed by atoms with E-state index in [1.54, 1.807) is 12.1 Å². The largest absolute Gasteiger partial charge is 0.478 e. The molecule has 0 saturated carbocycles. The number of nitrogens with zero attached hydrogens (tertiary/aromatic N) is 1. The van der Waals surface area contributed by atoms with E-state index in [0.717, 1.165) is 12.1 Å². The van der Waals surface area contributed by atoms with Gasteiger partial charge in [0.05, 0.1) is 5.56 Å². The minimum Gasteiger partial charge on any atom is -0.478 e. The summed E-state index contributed by atoms with van der Waals surface area (Å²) in [7, 11) is 2.07. The Bertz CT molecular complexity index is 563. The van der Waals surface area contributed by atoms with E-state index in [-0.39, 0.29) is 0 Å². The zero-order valence-corrected chi connectivity index (χ0v) is 11.8. The molecule has 2 aromatic rings. The highest BCUT2D eigenvalue weighted by atomic mass is 16.4. The summed E-state index contributed by atoms with van der Waals surface area (Å²) in [5, 5.41) is 8.88. The Balaban J connectivity index is 2.04. The lowest BCUT2D eigenvalue weighted by atomic mass is 10.1. The summed E-state index contributed by atoms with van der Waals surface area (Å²) in [6.45, 7) is 2.96. The van der Waals surface area contributed by atoms with Crippen LogP contribution >= 0.6 is 0 Å². The Morgan fingerprint density at radius 1 is 1.10 bits per heavy atom. The molecule has 104 valence electrons. The third kappa shape index (κ3) is 3.45. The highest BCUT2D eigenvalue weighted by Gasteiger charge is 2.11. The highest BCUT2D eigenvalue weighted by Crippen LogP contribution is 2.20. The number of carbonyl (C=O) groups is 1. The molecular formula is C17H19NO2. The van der Waals surface area contributed by atoms with Gasteiger partial charge in [0.2, 0.25) is 0 Å². The van der Waals surface area contributed by atoms with Crippen LogP contribution in [0.25, 0.3) is 0 Å². The van der Waals surface area contributed by atoms with Crippen molar-refractivity contribution in [3.05, 3.63) is 71.3 Å². The van der Waals surface area contributed by atoms with E-state index in [0.29, 0.717) is 11.6 Å². The Labute approximate surface area is 119 Å². The Hall–Kier alpha value is -2.13. The van der Waals surface area contributed by atoms with Crippen molar-refractivity contribution in [3.63, 3.8) is 0 Å². The van der Waals surface area contributed by atoms with E-state index in [1.807, 2.05) is 30.3 Å². The van der Waals surface area contributed by atoms with E-state index in [4.69, 9.17) is 5.11 Å². The van der Waals surface area contributed by atoms with Crippen LogP contribution in [0.2, 0.25) is 0 Å². The van der Waals surface area contributed by atoms with Gasteiger partial charge in [-0.25, -0.2) is 4.79 Å². The predicted molar refractivity (Wildman–Crippen MR) is 79.7 cm³/mol. The van der Waals surface area contributed by atoms with E-state index in [1.165, 1.54) is 5.56 Å². The monoisotopic (exact) mass is 269 g/mol. The lowest BCUT2D eigenvalue weighted by Gasteiger charge is -2.25. The summed E-state index contributed by atoms with van der Waals surface area (Å²) in [5.74, 6) is -0.887. The Morgan fingerprint density at radius 2 is 1.70 bits per heavy atom. The van der Waals surface area contributed by atoms with Crippen molar-refractivity contribution in [2.24, 2.45) is 0 Å². The highest BCUT2D eigenvalue weighted by molar-refractivity contribution is 5.87. The maximum Gasteiger partial charge on any atom is 0.335 e. The van der Waals surface area contributed by atoms with Gasteiger partial charge in [-0.3, -0.25) is 4.90 Å². The van der Waals surface area contributed by atoms with Crippen molar-refractivity contribution in [3.8, 4) is 0 Å². The second-order valence-corrected chi connectivity index (χ2v) is 5.00. The third-order valence-corrected chi connectivity index (χ3v) is 3.58. The standard InChI is InChI=1S/C17H19NO2/c1-13(15-6-4-3-5-7-15)18(2)12-14-8-10-16(11-9-14)17(19)20/h3-11,13H,12H2,1-2H3,(H,19,20). The van der Waals surface area contributed by atoms with Crippen molar-refractivity contribution in [1.29, 1.82) is 0 Å². The molecule has 2 aromatic carbocycles. The van der Waals surface area contributed by atoms with Crippen molar-refractivity contribution in [1.82, 2.24) is 4.90 Å². The Morgan fingerprint density at radius 3 is 2.25 bits per heavy atom. The van der Waals surface area contributed by atoms with Gasteiger partial charge in [0, 0.05) is 12.6 Å². The molecule has 1 unspecified atom stereocenters. The number of carboxylic acids is 1. The van der Waals surface area contributed by atoms with Gasteiger partial charge >= 0.3 is 5.97 Å². The van der Waals surface area contributed by atoms with Gasteiger partial charge in [-0.05, 0) is 37.2 Å². The first-order valence-corrected chi connectivity index (χ1v) is 6.65. The van der Waals surface area contributed by atoms with Crippen LogP contribution in [-0.4, -0.2) is 23.0 Å². The molecular weight excluding hydrogens is 250 g/mol. The molecule has 0 fully saturated rings. The fraction of sp³-hybridized carbons (Fsp3) is 0.235. The SMILES string of the molecule is CC(c1ccccc1)N(C)Cc1ccc(C(=O)O)cc1. The average molecular weight is 269 g/mol. The number of benzene rings is 2. The van der Waals surface area contributed by atoms with E-state index in [9.17, 15) is 4.79 Å². The summed E-state index contributed by atoms with van der Waals surface area (Å²) in [6, 6.07) is 17.7. The van der Waals surface area contributed by atoms with Crippen LogP contribution in [0.5, 0.6) is 0 Å². The van der Waals surface area contributed by atoms with E-state index >= 15 is 0 Å². The van der Waals surface area contributed by atoms with Crippen molar-refractivity contribution in [2.45, 2.75) is 19.5 Å². The zero-order chi connectivity index (χ0) is 14.5. The number of aromatic carboxylic acids is 1. The summed E-state index contributed by atoms with van der Waals surface area (Å²) >= 11 is 0. The first-order chi connectivity index (χ1) is 9.58. The lowest BCUT2D eigenvalue weighted by Crippen LogP contribution is -2.21. The summed E-state index contributed by atoms with van der Waals surface area (Å²) < 4.78 is 0. The number of hydrogen-bond acceptors (Lipinski definition) is 2. The smallest absolute Gasteiger partial charge is 0.335 e. The van der Waals surface area contributed by atoms with Gasteiger partial charge in [-0.1, -0.05) is 42.5 Å². The van der Waals surface area contributed by atoms with Gasteiger partial charge < -0.3 is 5.11 Å². The van der Waals surface area contributed by atoms with E-state index < -0.39 is 5.97 Å². The number of hydrogen-bond donors (Lipinski definition) is 1. The molecule has 0 amide bonds. The molecule has 0 bridgehead atoms. The molecule has 0 aliphatic rings. The van der Waals surface area contributed by atoms with Gasteiger partial charge in [-0.15, -0.1) is 0 Å². The van der Waals surface area contributed by atoms with Gasteiger partial charge in [-0.2, -0.15) is 0 Å². The molecule has 0 radical (unpaired) electrons. The predicted octanol–water partition coefficient (Wildman–Crippen LogP) is 3.58. The molecule has 0 saturated heterocycles. The minimum atomic E-state index is -0.887. The van der Waals surface area contributed by atoms with Crippen LogP contribution in [0.15, 0.2) is 54.6 Å². The molecule has 3 nitrogen and oxygen atoms in total. The molecule has 0 heterocycles. The zero-order valence-electron chi connectivity index (χ0n) is 11.8. The number of carboxylic acid groups (broad SMARTS) is 1. The van der Waals surface area contributed by atoms with Gasteiger partial charge in [0.1, 0.15) is 0 Å². The maximum absolute atomic E-state index is 10.8. The van der Waals surface area contributed by atoms with E-state index in [2.05, 4.69) is 31.0 Å². The Kier molecular flexibility index (Phi) is 4.53. The normalized spacial score (nSPS) is 12.3. The van der Waals surface area contributed by atoms with Crippen LogP contribution < -0.4 is 0 Å². The van der Waals surface area contributed by atoms with Crippen LogP contribution in [0.4, 0.5) is 0 Å². The second-order valence-electron chi connectivity index (χ2n) is 5.00. The van der Waals surface area contributed by atoms with Crippen molar-refractivity contribution in [2.75, 3.05) is 7.05 Å². The molecule has 20 heavy (non-hydrogen) atoms. The van der Waals surface area contributed by atoms with Crippen molar-refractivity contribution >= 4 is 5.97 Å². The molecule has 0 aromatic heterocycles. The molecule has 0 spiro atoms. The third-order valence-electron chi connectivity index (χ3n) is 3.58. The molecule has 2 rings (SSSR count). The fourth-order valence-electron chi connectivity index (χ4n) is 2.16. The first kappa shape index (κ1) is 14.3. The second kappa shape index (κ2) is 6.35. The lowest BCUT2D eigenvalue weighted by molar-refractivity contribution is 0.0697. The van der Waals surface area contributed by atoms with Gasteiger partial charge in [0.25, 0.3) is 0 Å². The molecule has 1 N–H and O–H groups in total. The summed E-state index contributed by atoms with van der Waals surface area (Å²) in [4.78, 5) is 13.1. The minimum absolute atomic E-state index is 0.315. The maximum atomic E-state index is 10.8. The average Bonchev–Trinajstić information content (AvgIpc) is 2.48. The topological polar surface area (TPSA) is 40.5 Å². The molecule has 3 heteroatoms. The molecule has 0 aliphatic carbocycles. The molecule has 1 atom stereocenters. The molecule has 0 aliphatic heterocycles. The summed E-state index contributed by atoms with van der Waals surface area (Å²) in [6.07, 6.45) is 0. The van der Waals surface area contributed by atoms with Crippen LogP contribution in [0.3, 0.4) is 0 Å². The van der Waals surface area contributed by atoms with Crippen molar-refractivity contribution < 1.29 is 9.90 Å². The number of rotatable bonds is 5. The summed E-state index contributed by atoms with van der Waals surface area (Å²) in [5.41, 5.74) is 2.71. The van der Waals surface area contributed by atoms with Crippen LogP contribution in [0, 0.1) is 0 Å². The van der Waals surface area contributed by atoms with Crippen LogP contribution in [-0.2, 0) is 6.54 Å². The van der Waals surface area contributed by atoms with Crippen LogP contribution in [0.1, 0.15) is 34.5 Å². The fourth-order valence-corrected chi connectivity index (χ4v) is 2.16. The quantitative estimate of drug-likeness (QED) is 0.902. The first-order valence-electron chi connectivity index (χ1n) is 6.65. The van der Waals surface area contributed by atoms with Gasteiger partial charge in [0.15, 0.2) is 0 Å².